The molecule has 0 aromatic heterocycles. The van der Waals surface area contributed by atoms with Crippen LogP contribution in [-0.2, 0) is 11.3 Å². The molecule has 5 heteroatoms. The fraction of sp³-hybridized carbons (Fsp3) is 0.350. The molecule has 0 spiro atoms. The Morgan fingerprint density at radius 2 is 1.64 bits per heavy atom. The van der Waals surface area contributed by atoms with Crippen molar-refractivity contribution in [2.45, 2.75) is 26.6 Å². The molecule has 0 saturated carbocycles. The third kappa shape index (κ3) is 6.47. The number of ether oxygens (including phenoxy) is 3. The number of rotatable bonds is 9. The topological polar surface area (TPSA) is 56.8 Å². The lowest BCUT2D eigenvalue weighted by Crippen LogP contribution is -2.28. The molecule has 0 aliphatic carbocycles. The van der Waals surface area contributed by atoms with Crippen molar-refractivity contribution in [3.63, 3.8) is 0 Å². The number of hydrogen-bond acceptors (Lipinski definition) is 4. The van der Waals surface area contributed by atoms with Crippen molar-refractivity contribution in [2.75, 3.05) is 20.3 Å². The lowest BCUT2D eigenvalue weighted by molar-refractivity contribution is 0.0657. The Labute approximate surface area is 148 Å². The number of nitrogens with one attached hydrogen (secondary N) is 1. The Kier molecular flexibility index (Phi) is 7.29. The van der Waals surface area contributed by atoms with Crippen LogP contribution in [-0.4, -0.2) is 32.3 Å². The second-order valence-corrected chi connectivity index (χ2v) is 5.84. The van der Waals surface area contributed by atoms with Gasteiger partial charge in [-0.1, -0.05) is 12.1 Å². The highest BCUT2D eigenvalue weighted by Gasteiger charge is 2.05. The van der Waals surface area contributed by atoms with E-state index in [-0.39, 0.29) is 12.0 Å². The van der Waals surface area contributed by atoms with Crippen molar-refractivity contribution < 1.29 is 19.0 Å². The zero-order valence-corrected chi connectivity index (χ0v) is 15.0. The van der Waals surface area contributed by atoms with Crippen LogP contribution in [0.1, 0.15) is 29.8 Å². The van der Waals surface area contributed by atoms with Crippen molar-refractivity contribution in [3.05, 3.63) is 59.7 Å². The molecule has 25 heavy (non-hydrogen) atoms. The molecule has 1 amide bonds. The summed E-state index contributed by atoms with van der Waals surface area (Å²) in [5.41, 5.74) is 1.67. The van der Waals surface area contributed by atoms with Crippen LogP contribution < -0.4 is 14.8 Å². The van der Waals surface area contributed by atoms with Gasteiger partial charge in [0.1, 0.15) is 18.1 Å². The van der Waals surface area contributed by atoms with E-state index in [4.69, 9.17) is 14.2 Å². The fourth-order valence-electron chi connectivity index (χ4n) is 2.12. The first-order valence-electron chi connectivity index (χ1n) is 8.34. The van der Waals surface area contributed by atoms with Gasteiger partial charge >= 0.3 is 0 Å². The lowest BCUT2D eigenvalue weighted by atomic mass is 10.1. The Balaban J connectivity index is 1.72. The predicted octanol–water partition coefficient (Wildman–Crippen LogP) is 3.43. The summed E-state index contributed by atoms with van der Waals surface area (Å²) < 4.78 is 16.2. The summed E-state index contributed by atoms with van der Waals surface area (Å²) in [6, 6.07) is 14.8. The zero-order valence-electron chi connectivity index (χ0n) is 15.0. The minimum atomic E-state index is -0.116. The molecule has 5 nitrogen and oxygen atoms in total. The molecule has 134 valence electrons. The van der Waals surface area contributed by atoms with Gasteiger partial charge in [0, 0.05) is 5.56 Å². The van der Waals surface area contributed by atoms with E-state index in [1.165, 1.54) is 0 Å². The van der Waals surface area contributed by atoms with Gasteiger partial charge in [0.2, 0.25) is 0 Å². The average molecular weight is 343 g/mol. The Morgan fingerprint density at radius 1 is 1.00 bits per heavy atom. The first-order chi connectivity index (χ1) is 12.1. The maximum Gasteiger partial charge on any atom is 0.251 e. The summed E-state index contributed by atoms with van der Waals surface area (Å²) >= 11 is 0. The quantitative estimate of drug-likeness (QED) is 0.709. The molecule has 0 bridgehead atoms. The van der Waals surface area contributed by atoms with E-state index in [9.17, 15) is 4.79 Å². The summed E-state index contributed by atoms with van der Waals surface area (Å²) in [7, 11) is 1.62. The number of methoxy groups -OCH3 is 1. The van der Waals surface area contributed by atoms with Gasteiger partial charge < -0.3 is 19.5 Å². The van der Waals surface area contributed by atoms with Gasteiger partial charge in [-0.25, -0.2) is 0 Å². The van der Waals surface area contributed by atoms with Crippen molar-refractivity contribution >= 4 is 5.91 Å². The molecule has 0 saturated heterocycles. The summed E-state index contributed by atoms with van der Waals surface area (Å²) in [5.74, 6) is 1.40. The SMILES string of the molecule is COc1ccc(OCCNC(=O)c2ccc(COC(C)C)cc2)cc1. The first kappa shape index (κ1) is 18.8. The van der Waals surface area contributed by atoms with Crippen LogP contribution in [0.15, 0.2) is 48.5 Å². The monoisotopic (exact) mass is 343 g/mol. The molecule has 0 aliphatic heterocycles. The second-order valence-electron chi connectivity index (χ2n) is 5.84. The normalized spacial score (nSPS) is 10.6. The van der Waals surface area contributed by atoms with Crippen molar-refractivity contribution in [3.8, 4) is 11.5 Å². The van der Waals surface area contributed by atoms with E-state index < -0.39 is 0 Å². The third-order valence-electron chi connectivity index (χ3n) is 3.52. The smallest absolute Gasteiger partial charge is 0.251 e. The average Bonchev–Trinajstić information content (AvgIpc) is 2.64. The molecule has 0 unspecified atom stereocenters. The van der Waals surface area contributed by atoms with E-state index in [0.717, 1.165) is 17.1 Å². The van der Waals surface area contributed by atoms with Crippen molar-refractivity contribution in [1.82, 2.24) is 5.32 Å². The highest BCUT2D eigenvalue weighted by Crippen LogP contribution is 2.16. The van der Waals surface area contributed by atoms with Gasteiger partial charge in [0.25, 0.3) is 5.91 Å². The van der Waals surface area contributed by atoms with Crippen LogP contribution in [0.2, 0.25) is 0 Å². The number of carbonyl (C=O) groups excluding carboxylic acids is 1. The molecule has 0 radical (unpaired) electrons. The lowest BCUT2D eigenvalue weighted by Gasteiger charge is -2.10. The van der Waals surface area contributed by atoms with Gasteiger partial charge in [-0.05, 0) is 55.8 Å². The minimum absolute atomic E-state index is 0.116. The van der Waals surface area contributed by atoms with Crippen LogP contribution in [0, 0.1) is 0 Å². The van der Waals surface area contributed by atoms with Crippen LogP contribution >= 0.6 is 0 Å². The molecule has 2 aromatic rings. The largest absolute Gasteiger partial charge is 0.497 e. The van der Waals surface area contributed by atoms with Crippen LogP contribution in [0.4, 0.5) is 0 Å². The van der Waals surface area contributed by atoms with Gasteiger partial charge in [-0.3, -0.25) is 4.79 Å². The molecular formula is C20H25NO4. The fourth-order valence-corrected chi connectivity index (χ4v) is 2.12. The number of benzene rings is 2. The highest BCUT2D eigenvalue weighted by atomic mass is 16.5. The second kappa shape index (κ2) is 9.69. The molecule has 2 aromatic carbocycles. The van der Waals surface area contributed by atoms with E-state index >= 15 is 0 Å². The van der Waals surface area contributed by atoms with Crippen molar-refractivity contribution in [2.24, 2.45) is 0 Å². The summed E-state index contributed by atoms with van der Waals surface area (Å²) in [4.78, 5) is 12.1. The molecule has 0 aliphatic rings. The van der Waals surface area contributed by atoms with E-state index in [1.54, 1.807) is 19.2 Å². The van der Waals surface area contributed by atoms with Gasteiger partial charge in [0.05, 0.1) is 26.4 Å². The van der Waals surface area contributed by atoms with E-state index in [0.29, 0.717) is 25.3 Å². The zero-order chi connectivity index (χ0) is 18.1. The molecule has 0 atom stereocenters. The minimum Gasteiger partial charge on any atom is -0.497 e. The summed E-state index contributed by atoms with van der Waals surface area (Å²) in [6.07, 6.45) is 0.189. The predicted molar refractivity (Wildman–Crippen MR) is 97.2 cm³/mol. The van der Waals surface area contributed by atoms with E-state index in [2.05, 4.69) is 5.32 Å². The van der Waals surface area contributed by atoms with Crippen molar-refractivity contribution in [1.29, 1.82) is 0 Å². The van der Waals surface area contributed by atoms with Crippen LogP contribution in [0.5, 0.6) is 11.5 Å². The van der Waals surface area contributed by atoms with Crippen LogP contribution in [0.3, 0.4) is 0 Å². The Morgan fingerprint density at radius 3 is 2.24 bits per heavy atom. The Bertz CT molecular complexity index is 650. The third-order valence-corrected chi connectivity index (χ3v) is 3.52. The van der Waals surface area contributed by atoms with E-state index in [1.807, 2.05) is 50.2 Å². The standard InChI is InChI=1S/C20H25NO4/c1-15(2)25-14-16-4-6-17(7-5-16)20(22)21-12-13-24-19-10-8-18(23-3)9-11-19/h4-11,15H,12-14H2,1-3H3,(H,21,22). The highest BCUT2D eigenvalue weighted by molar-refractivity contribution is 5.94. The maximum atomic E-state index is 12.1. The molecular weight excluding hydrogens is 318 g/mol. The number of hydrogen-bond donors (Lipinski definition) is 1. The maximum absolute atomic E-state index is 12.1. The van der Waals surface area contributed by atoms with Gasteiger partial charge in [0.15, 0.2) is 0 Å². The van der Waals surface area contributed by atoms with Crippen LogP contribution in [0.25, 0.3) is 0 Å². The molecule has 2 rings (SSSR count). The summed E-state index contributed by atoms with van der Waals surface area (Å²) in [5, 5.41) is 2.84. The van der Waals surface area contributed by atoms with Gasteiger partial charge in [-0.15, -0.1) is 0 Å². The Hall–Kier alpha value is -2.53. The molecule has 0 heterocycles. The summed E-state index contributed by atoms with van der Waals surface area (Å²) in [6.45, 7) is 5.38. The molecule has 0 fully saturated rings. The number of carbonyl (C=O) groups is 1. The first-order valence-corrected chi connectivity index (χ1v) is 8.34. The van der Waals surface area contributed by atoms with Gasteiger partial charge in [-0.2, -0.15) is 0 Å². The number of amides is 1. The molecule has 1 N–H and O–H groups in total.